The number of nitrogens with zero attached hydrogens (tertiary/aromatic N) is 6. The van der Waals surface area contributed by atoms with Gasteiger partial charge in [0, 0.05) is 38.4 Å². The molecule has 3 amide bonds. The van der Waals surface area contributed by atoms with Crippen molar-refractivity contribution < 1.29 is 9.59 Å². The van der Waals surface area contributed by atoms with E-state index in [1.165, 1.54) is 11.8 Å². The van der Waals surface area contributed by atoms with Gasteiger partial charge in [0.05, 0.1) is 5.75 Å². The second-order valence-electron chi connectivity index (χ2n) is 7.94. The molecule has 1 saturated heterocycles. The number of benzene rings is 1. The minimum atomic E-state index is -0.145. The van der Waals surface area contributed by atoms with E-state index in [9.17, 15) is 9.59 Å². The highest BCUT2D eigenvalue weighted by Crippen LogP contribution is 2.21. The molecule has 0 aliphatic carbocycles. The Morgan fingerprint density at radius 1 is 1.06 bits per heavy atom. The van der Waals surface area contributed by atoms with E-state index < -0.39 is 0 Å². The lowest BCUT2D eigenvalue weighted by Gasteiger charge is -2.16. The van der Waals surface area contributed by atoms with E-state index in [1.807, 2.05) is 43.0 Å². The van der Waals surface area contributed by atoms with Crippen molar-refractivity contribution in [2.24, 2.45) is 0 Å². The van der Waals surface area contributed by atoms with Crippen molar-refractivity contribution in [2.45, 2.75) is 38.4 Å². The van der Waals surface area contributed by atoms with Gasteiger partial charge in [-0.1, -0.05) is 23.9 Å². The van der Waals surface area contributed by atoms with Crippen LogP contribution in [0, 0.1) is 0 Å². The van der Waals surface area contributed by atoms with Crippen molar-refractivity contribution in [2.75, 3.05) is 47.9 Å². The van der Waals surface area contributed by atoms with Gasteiger partial charge in [-0.2, -0.15) is 9.97 Å². The van der Waals surface area contributed by atoms with Crippen LogP contribution in [0.4, 0.5) is 22.4 Å². The summed E-state index contributed by atoms with van der Waals surface area (Å²) in [6, 6.07) is 7.40. The van der Waals surface area contributed by atoms with Crippen molar-refractivity contribution in [1.82, 2.24) is 34.8 Å². The number of rotatable bonds is 10. The Balaban J connectivity index is 1.33. The summed E-state index contributed by atoms with van der Waals surface area (Å²) in [6.45, 7) is 7.22. The van der Waals surface area contributed by atoms with Crippen molar-refractivity contribution in [3.8, 4) is 0 Å². The molecule has 1 aromatic carbocycles. The average molecular weight is 499 g/mol. The molecule has 2 aromatic heterocycles. The van der Waals surface area contributed by atoms with E-state index in [2.05, 4.69) is 41.4 Å². The van der Waals surface area contributed by atoms with Crippen LogP contribution in [-0.2, 0) is 11.3 Å². The van der Waals surface area contributed by atoms with Crippen molar-refractivity contribution in [1.29, 1.82) is 0 Å². The first kappa shape index (κ1) is 24.5. The molecule has 0 spiro atoms. The Labute approximate surface area is 207 Å². The second kappa shape index (κ2) is 11.7. The molecule has 4 rings (SSSR count). The molecule has 1 aliphatic heterocycles. The van der Waals surface area contributed by atoms with E-state index in [-0.39, 0.29) is 17.7 Å². The Morgan fingerprint density at radius 3 is 2.63 bits per heavy atom. The number of fused-ring (bicyclic) bond motifs is 1. The average Bonchev–Trinajstić information content (AvgIpc) is 3.53. The van der Waals surface area contributed by atoms with Crippen LogP contribution in [0.2, 0.25) is 0 Å². The maximum absolute atomic E-state index is 12.5. The third kappa shape index (κ3) is 6.29. The summed E-state index contributed by atoms with van der Waals surface area (Å²) in [5, 5.41) is 21.0. The molecule has 0 saturated carbocycles. The van der Waals surface area contributed by atoms with Crippen LogP contribution in [-0.4, -0.2) is 73.3 Å². The summed E-state index contributed by atoms with van der Waals surface area (Å²) in [5.74, 6) is 1.45. The maximum atomic E-state index is 12.5. The molecule has 1 fully saturated rings. The lowest BCUT2D eigenvalue weighted by Crippen LogP contribution is -2.32. The zero-order valence-corrected chi connectivity index (χ0v) is 20.7. The Kier molecular flexibility index (Phi) is 8.19. The number of hydrogen-bond acceptors (Lipinski definition) is 9. The molecule has 12 nitrogen and oxygen atoms in total. The van der Waals surface area contributed by atoms with Crippen LogP contribution in [0.15, 0.2) is 29.4 Å². The molecular formula is C22H30N10O2S. The van der Waals surface area contributed by atoms with Gasteiger partial charge in [-0.3, -0.25) is 4.79 Å². The van der Waals surface area contributed by atoms with E-state index in [0.29, 0.717) is 48.2 Å². The summed E-state index contributed by atoms with van der Waals surface area (Å²) in [4.78, 5) is 35.5. The number of carbonyl (C=O) groups is 2. The summed E-state index contributed by atoms with van der Waals surface area (Å²) in [6.07, 6.45) is 2.09. The number of likely N-dealkylation sites (tertiary alicyclic amines) is 1. The van der Waals surface area contributed by atoms with Crippen LogP contribution in [0.1, 0.15) is 32.3 Å². The predicted molar refractivity (Wildman–Crippen MR) is 136 cm³/mol. The van der Waals surface area contributed by atoms with E-state index in [0.717, 1.165) is 31.5 Å². The third-order valence-corrected chi connectivity index (χ3v) is 6.24. The zero-order chi connectivity index (χ0) is 24.6. The monoisotopic (exact) mass is 498 g/mol. The molecule has 13 heteroatoms. The summed E-state index contributed by atoms with van der Waals surface area (Å²) in [5.41, 5.74) is 1.61. The number of anilines is 3. The Hall–Kier alpha value is -3.61. The molecule has 0 atom stereocenters. The minimum absolute atomic E-state index is 0.0841. The first-order valence-electron chi connectivity index (χ1n) is 11.7. The fourth-order valence-electron chi connectivity index (χ4n) is 3.66. The molecular weight excluding hydrogens is 468 g/mol. The van der Waals surface area contributed by atoms with Crippen LogP contribution >= 0.6 is 11.8 Å². The lowest BCUT2D eigenvalue weighted by molar-refractivity contribution is -0.118. The molecule has 186 valence electrons. The van der Waals surface area contributed by atoms with Gasteiger partial charge < -0.3 is 26.2 Å². The highest BCUT2D eigenvalue weighted by molar-refractivity contribution is 7.99. The smallest absolute Gasteiger partial charge is 0.321 e. The molecule has 0 radical (unpaired) electrons. The fourth-order valence-corrected chi connectivity index (χ4v) is 4.42. The topological polar surface area (TPSA) is 141 Å². The Morgan fingerprint density at radius 2 is 1.86 bits per heavy atom. The number of amides is 3. The van der Waals surface area contributed by atoms with Gasteiger partial charge in [0.1, 0.15) is 0 Å². The van der Waals surface area contributed by atoms with Crippen LogP contribution in [0.25, 0.3) is 5.78 Å². The molecule has 35 heavy (non-hydrogen) atoms. The number of nitrogens with one attached hydrogen (secondary N) is 4. The fraction of sp³-hybridized carbons (Fsp3) is 0.455. The largest absolute Gasteiger partial charge is 0.355 e. The van der Waals surface area contributed by atoms with Gasteiger partial charge >= 0.3 is 6.03 Å². The quantitative estimate of drug-likeness (QED) is 0.310. The zero-order valence-electron chi connectivity index (χ0n) is 19.9. The third-order valence-electron chi connectivity index (χ3n) is 5.31. The molecule has 1 aliphatic rings. The molecule has 4 N–H and O–H groups in total. The number of hydrogen-bond donors (Lipinski definition) is 4. The van der Waals surface area contributed by atoms with Crippen LogP contribution in [0.3, 0.4) is 0 Å². The first-order valence-corrected chi connectivity index (χ1v) is 12.7. The standard InChI is InChI=1S/C22H30N10O2S/c1-3-23-18-27-19(24-4-2)32-20(28-18)29-30-22(32)35-14-17(33)25-13-15-8-7-9-16(12-15)26-21(34)31-10-5-6-11-31/h7-9,12H,3-6,10-11,13-14H2,1-2H3,(H,25,33)(H,26,34)(H2,23,24,27,28,29). The molecule has 0 unspecified atom stereocenters. The number of carbonyl (C=O) groups excluding carboxylic acids is 2. The second-order valence-corrected chi connectivity index (χ2v) is 8.88. The summed E-state index contributed by atoms with van der Waals surface area (Å²) < 4.78 is 1.70. The summed E-state index contributed by atoms with van der Waals surface area (Å²) >= 11 is 1.26. The number of urea groups is 1. The van der Waals surface area contributed by atoms with Crippen LogP contribution in [0.5, 0.6) is 0 Å². The van der Waals surface area contributed by atoms with E-state index >= 15 is 0 Å². The maximum Gasteiger partial charge on any atom is 0.321 e. The number of thioether (sulfide) groups is 1. The number of aromatic nitrogens is 5. The molecule has 3 heterocycles. The molecule has 3 aromatic rings. The Bertz CT molecular complexity index is 1180. The van der Waals surface area contributed by atoms with Gasteiger partial charge in [0.25, 0.3) is 5.78 Å². The van der Waals surface area contributed by atoms with E-state index in [1.54, 1.807) is 4.40 Å². The normalized spacial score (nSPS) is 13.1. The molecule has 0 bridgehead atoms. The summed E-state index contributed by atoms with van der Waals surface area (Å²) in [7, 11) is 0. The van der Waals surface area contributed by atoms with Gasteiger partial charge in [-0.25, -0.2) is 9.20 Å². The predicted octanol–water partition coefficient (Wildman–Crippen LogP) is 2.42. The van der Waals surface area contributed by atoms with Gasteiger partial charge in [0.2, 0.25) is 17.8 Å². The SMILES string of the molecule is CCNc1nc(NCC)n2c(SCC(=O)NCc3cccc(NC(=O)N4CCCC4)c3)nnc2n1. The van der Waals surface area contributed by atoms with Crippen molar-refractivity contribution >= 4 is 47.1 Å². The van der Waals surface area contributed by atoms with Crippen molar-refractivity contribution in [3.05, 3.63) is 29.8 Å². The van der Waals surface area contributed by atoms with Gasteiger partial charge in [-0.05, 0) is 44.4 Å². The lowest BCUT2D eigenvalue weighted by atomic mass is 10.2. The first-order chi connectivity index (χ1) is 17.1. The highest BCUT2D eigenvalue weighted by atomic mass is 32.2. The van der Waals surface area contributed by atoms with Gasteiger partial charge in [-0.15, -0.1) is 10.2 Å². The van der Waals surface area contributed by atoms with E-state index in [4.69, 9.17) is 0 Å². The van der Waals surface area contributed by atoms with Crippen molar-refractivity contribution in [3.63, 3.8) is 0 Å². The highest BCUT2D eigenvalue weighted by Gasteiger charge is 2.18. The van der Waals surface area contributed by atoms with Gasteiger partial charge in [0.15, 0.2) is 5.16 Å². The minimum Gasteiger partial charge on any atom is -0.355 e. The van der Waals surface area contributed by atoms with Crippen LogP contribution < -0.4 is 21.3 Å².